The molecular weight excluding hydrogens is 192 g/mol. The lowest BCUT2D eigenvalue weighted by molar-refractivity contribution is 0.693. The van der Waals surface area contributed by atoms with E-state index in [9.17, 15) is 0 Å². The van der Waals surface area contributed by atoms with E-state index >= 15 is 0 Å². The van der Waals surface area contributed by atoms with Crippen LogP contribution < -0.4 is 0 Å². The molecule has 1 N–H and O–H groups in total. The van der Waals surface area contributed by atoms with Crippen LogP contribution in [0.3, 0.4) is 0 Å². The van der Waals surface area contributed by atoms with Crippen LogP contribution >= 0.6 is 11.8 Å². The molecule has 8 nitrogen and oxygen atoms in total. The third-order valence-corrected chi connectivity index (χ3v) is 2.20. The molecule has 0 saturated carbocycles. The van der Waals surface area contributed by atoms with Crippen LogP contribution in [0, 0.1) is 0 Å². The molecule has 0 radical (unpaired) electrons. The summed E-state index contributed by atoms with van der Waals surface area (Å²) in [5.74, 6) is 1.40. The molecule has 0 aliphatic rings. The first kappa shape index (κ1) is 8.10. The van der Waals surface area contributed by atoms with Crippen LogP contribution in [0.2, 0.25) is 0 Å². The van der Waals surface area contributed by atoms with E-state index in [0.717, 1.165) is 5.82 Å². The predicted octanol–water partition coefficient (Wildman–Crippen LogP) is -0.985. The van der Waals surface area contributed by atoms with Gasteiger partial charge in [0.1, 0.15) is 0 Å². The van der Waals surface area contributed by atoms with Crippen molar-refractivity contribution in [3.05, 3.63) is 5.82 Å². The van der Waals surface area contributed by atoms with Crippen LogP contribution in [0.5, 0.6) is 0 Å². The van der Waals surface area contributed by atoms with Gasteiger partial charge in [-0.05, 0) is 15.6 Å². The average Bonchev–Trinajstić information content (AvgIpc) is 2.72. The molecule has 0 amide bonds. The lowest BCUT2D eigenvalue weighted by atomic mass is 10.7. The molecular formula is C4H6N8S. The third kappa shape index (κ3) is 1.80. The smallest absolute Gasteiger partial charge is 0.231 e. The van der Waals surface area contributed by atoms with E-state index in [4.69, 9.17) is 0 Å². The van der Waals surface area contributed by atoms with E-state index in [-0.39, 0.29) is 0 Å². The Balaban J connectivity index is 1.97. The summed E-state index contributed by atoms with van der Waals surface area (Å²) in [4.78, 5) is 0. The van der Waals surface area contributed by atoms with Crippen molar-refractivity contribution in [2.45, 2.75) is 10.9 Å². The van der Waals surface area contributed by atoms with Gasteiger partial charge in [-0.1, -0.05) is 11.8 Å². The standard InChI is InChI=1S/C4H6N8S/c1-12-3(5-10-11-12)2-13-4-6-8-9-7-4/h2H2,1H3,(H,6,7,8,9). The van der Waals surface area contributed by atoms with Crippen molar-refractivity contribution >= 4 is 11.8 Å². The van der Waals surface area contributed by atoms with Crippen LogP contribution in [0.15, 0.2) is 5.16 Å². The lowest BCUT2D eigenvalue weighted by Crippen LogP contribution is -1.97. The summed E-state index contributed by atoms with van der Waals surface area (Å²) in [5, 5.41) is 25.0. The first-order valence-corrected chi connectivity index (χ1v) is 4.42. The van der Waals surface area contributed by atoms with Crippen LogP contribution in [0.1, 0.15) is 5.82 Å². The number of tetrazole rings is 2. The van der Waals surface area contributed by atoms with Crippen LogP contribution in [-0.4, -0.2) is 40.8 Å². The number of rotatable bonds is 3. The van der Waals surface area contributed by atoms with Crippen molar-refractivity contribution in [1.29, 1.82) is 0 Å². The highest BCUT2D eigenvalue weighted by molar-refractivity contribution is 7.98. The lowest BCUT2D eigenvalue weighted by Gasteiger charge is -1.93. The molecule has 2 rings (SSSR count). The van der Waals surface area contributed by atoms with E-state index in [1.165, 1.54) is 11.8 Å². The zero-order valence-corrected chi connectivity index (χ0v) is 7.56. The highest BCUT2D eigenvalue weighted by atomic mass is 32.2. The van der Waals surface area contributed by atoms with Gasteiger partial charge in [-0.2, -0.15) is 5.21 Å². The predicted molar refractivity (Wildman–Crippen MR) is 42.5 cm³/mol. The quantitative estimate of drug-likeness (QED) is 0.632. The molecule has 0 fully saturated rings. The van der Waals surface area contributed by atoms with Crippen molar-refractivity contribution < 1.29 is 0 Å². The number of aromatic amines is 1. The van der Waals surface area contributed by atoms with Crippen molar-refractivity contribution in [3.8, 4) is 0 Å². The molecule has 0 aromatic carbocycles. The zero-order chi connectivity index (χ0) is 9.10. The minimum Gasteiger partial charge on any atom is -0.232 e. The fourth-order valence-electron chi connectivity index (χ4n) is 0.713. The van der Waals surface area contributed by atoms with Gasteiger partial charge in [0.25, 0.3) is 0 Å². The Morgan fingerprint density at radius 2 is 2.38 bits per heavy atom. The summed E-state index contributed by atoms with van der Waals surface area (Å²) in [6.07, 6.45) is 0. The van der Waals surface area contributed by atoms with Gasteiger partial charge in [-0.25, -0.2) is 4.68 Å². The highest BCUT2D eigenvalue weighted by Crippen LogP contribution is 2.14. The Kier molecular flexibility index (Phi) is 2.17. The number of nitrogens with zero attached hydrogens (tertiary/aromatic N) is 7. The molecule has 13 heavy (non-hydrogen) atoms. The monoisotopic (exact) mass is 198 g/mol. The molecule has 0 aliphatic carbocycles. The molecule has 2 aromatic rings. The van der Waals surface area contributed by atoms with Gasteiger partial charge in [0.2, 0.25) is 5.16 Å². The Hall–Kier alpha value is -1.51. The van der Waals surface area contributed by atoms with E-state index in [1.54, 1.807) is 11.7 Å². The van der Waals surface area contributed by atoms with Gasteiger partial charge < -0.3 is 0 Å². The first-order chi connectivity index (χ1) is 6.36. The summed E-state index contributed by atoms with van der Waals surface area (Å²) < 4.78 is 1.60. The van der Waals surface area contributed by atoms with Gasteiger partial charge in [-0.15, -0.1) is 15.3 Å². The molecule has 0 atom stereocenters. The summed E-state index contributed by atoms with van der Waals surface area (Å²) in [7, 11) is 1.78. The van der Waals surface area contributed by atoms with Gasteiger partial charge in [-0.3, -0.25) is 0 Å². The van der Waals surface area contributed by atoms with Gasteiger partial charge >= 0.3 is 0 Å². The average molecular weight is 198 g/mol. The number of hydrogen-bond acceptors (Lipinski definition) is 7. The SMILES string of the molecule is Cn1nnnc1CSc1nn[nH]n1. The Bertz CT molecular complexity index is 365. The second-order valence-corrected chi connectivity index (χ2v) is 3.14. The van der Waals surface area contributed by atoms with Crippen LogP contribution in [-0.2, 0) is 12.8 Å². The fraction of sp³-hybridized carbons (Fsp3) is 0.500. The summed E-state index contributed by atoms with van der Waals surface area (Å²) in [6.45, 7) is 0. The minimum atomic E-state index is 0.586. The minimum absolute atomic E-state index is 0.586. The molecule has 9 heteroatoms. The Morgan fingerprint density at radius 1 is 1.46 bits per heavy atom. The van der Waals surface area contributed by atoms with Crippen LogP contribution in [0.25, 0.3) is 0 Å². The maximum atomic E-state index is 3.81. The molecule has 0 saturated heterocycles. The molecule has 2 heterocycles. The largest absolute Gasteiger partial charge is 0.232 e. The zero-order valence-electron chi connectivity index (χ0n) is 6.75. The molecule has 0 spiro atoms. The second kappa shape index (κ2) is 3.47. The number of hydrogen-bond donors (Lipinski definition) is 1. The number of nitrogens with one attached hydrogen (secondary N) is 1. The summed E-state index contributed by atoms with van der Waals surface area (Å²) >= 11 is 1.42. The Labute approximate surface area is 77.1 Å². The molecule has 0 unspecified atom stereocenters. The van der Waals surface area contributed by atoms with Gasteiger partial charge in [0, 0.05) is 7.05 Å². The highest BCUT2D eigenvalue weighted by Gasteiger charge is 2.05. The topological polar surface area (TPSA) is 98.1 Å². The number of aryl methyl sites for hydroxylation is 1. The number of aromatic nitrogens is 8. The molecule has 0 bridgehead atoms. The van der Waals surface area contributed by atoms with Gasteiger partial charge in [0.15, 0.2) is 5.82 Å². The third-order valence-electron chi connectivity index (χ3n) is 1.36. The van der Waals surface area contributed by atoms with Crippen molar-refractivity contribution in [2.75, 3.05) is 0 Å². The first-order valence-electron chi connectivity index (χ1n) is 3.44. The summed E-state index contributed by atoms with van der Waals surface area (Å²) in [6, 6.07) is 0. The van der Waals surface area contributed by atoms with Crippen LogP contribution in [0.4, 0.5) is 0 Å². The van der Waals surface area contributed by atoms with Crippen molar-refractivity contribution in [1.82, 2.24) is 40.8 Å². The van der Waals surface area contributed by atoms with Crippen molar-refractivity contribution in [2.24, 2.45) is 7.05 Å². The van der Waals surface area contributed by atoms with Gasteiger partial charge in [0.05, 0.1) is 5.75 Å². The van der Waals surface area contributed by atoms with E-state index in [2.05, 4.69) is 36.1 Å². The van der Waals surface area contributed by atoms with E-state index in [0.29, 0.717) is 10.9 Å². The molecule has 68 valence electrons. The number of H-pyrrole nitrogens is 1. The summed E-state index contributed by atoms with van der Waals surface area (Å²) in [5.41, 5.74) is 0. The van der Waals surface area contributed by atoms with Crippen molar-refractivity contribution in [3.63, 3.8) is 0 Å². The maximum absolute atomic E-state index is 3.81. The normalized spacial score (nSPS) is 10.5. The van der Waals surface area contributed by atoms with E-state index in [1.807, 2.05) is 0 Å². The molecule has 2 aromatic heterocycles. The van der Waals surface area contributed by atoms with E-state index < -0.39 is 0 Å². The Morgan fingerprint density at radius 3 is 3.00 bits per heavy atom. The maximum Gasteiger partial charge on any atom is 0.231 e. The fourth-order valence-corrected chi connectivity index (χ4v) is 1.42. The second-order valence-electron chi connectivity index (χ2n) is 2.20. The molecule has 0 aliphatic heterocycles. The number of thioether (sulfide) groups is 1.